The molecule has 5 heterocycles. The zero-order chi connectivity index (χ0) is 26.8. The van der Waals surface area contributed by atoms with Crippen LogP contribution in [-0.4, -0.2) is 48.1 Å². The summed E-state index contributed by atoms with van der Waals surface area (Å²) in [6.45, 7) is 9.39. The number of rotatable bonds is 6. The first kappa shape index (κ1) is 24.9. The first-order valence-electron chi connectivity index (χ1n) is 13.3. The van der Waals surface area contributed by atoms with E-state index in [1.165, 1.54) is 37.0 Å². The predicted octanol–water partition coefficient (Wildman–Crippen LogP) is 4.83. The summed E-state index contributed by atoms with van der Waals surface area (Å²) in [5, 5.41) is 9.04. The zero-order valence-corrected chi connectivity index (χ0v) is 21.9. The van der Waals surface area contributed by atoms with E-state index in [9.17, 15) is 4.39 Å². The van der Waals surface area contributed by atoms with Crippen molar-refractivity contribution in [1.29, 1.82) is 0 Å². The minimum atomic E-state index is -0.295. The highest BCUT2D eigenvalue weighted by atomic mass is 19.1. The van der Waals surface area contributed by atoms with Crippen LogP contribution in [0.3, 0.4) is 0 Å². The molecule has 1 aliphatic heterocycles. The van der Waals surface area contributed by atoms with Gasteiger partial charge in [-0.25, -0.2) is 14.4 Å². The Balaban J connectivity index is 1.38. The van der Waals surface area contributed by atoms with E-state index in [0.29, 0.717) is 22.5 Å². The van der Waals surface area contributed by atoms with Gasteiger partial charge < -0.3 is 4.98 Å². The summed E-state index contributed by atoms with van der Waals surface area (Å²) in [6.07, 6.45) is 13.5. The van der Waals surface area contributed by atoms with Crippen LogP contribution in [0.1, 0.15) is 37.3 Å². The van der Waals surface area contributed by atoms with Gasteiger partial charge in [0.05, 0.1) is 10.9 Å². The molecule has 0 amide bonds. The topological polar surface area (TPSA) is 86.4 Å². The van der Waals surface area contributed by atoms with Crippen LogP contribution in [0.5, 0.6) is 0 Å². The summed E-state index contributed by atoms with van der Waals surface area (Å²) in [5.41, 5.74) is 6.73. The number of nitrogens with one attached hydrogen (secondary N) is 2. The number of benzene rings is 1. The summed E-state index contributed by atoms with van der Waals surface area (Å²) in [4.78, 5) is 19.6. The van der Waals surface area contributed by atoms with Crippen molar-refractivity contribution in [1.82, 2.24) is 35.0 Å². The number of hydrogen-bond donors (Lipinski definition) is 2. The Hall–Kier alpha value is -4.43. The Morgan fingerprint density at radius 2 is 2.00 bits per heavy atom. The number of H-pyrrole nitrogens is 2. The Kier molecular flexibility index (Phi) is 6.85. The van der Waals surface area contributed by atoms with Gasteiger partial charge in [-0.1, -0.05) is 31.2 Å². The fraction of sp³-hybridized carbons (Fsp3) is 0.226. The van der Waals surface area contributed by atoms with Crippen LogP contribution in [0.15, 0.2) is 61.1 Å². The van der Waals surface area contributed by atoms with Gasteiger partial charge in [-0.2, -0.15) is 5.10 Å². The molecule has 0 aliphatic carbocycles. The fourth-order valence-corrected chi connectivity index (χ4v) is 5.24. The maximum atomic E-state index is 13.9. The number of hydrogen-bond acceptors (Lipinski definition) is 5. The third-order valence-electron chi connectivity index (χ3n) is 7.23. The Morgan fingerprint density at radius 1 is 1.13 bits per heavy atom. The van der Waals surface area contributed by atoms with E-state index in [0.717, 1.165) is 52.6 Å². The average molecular weight is 520 g/mol. The molecule has 5 aromatic rings. The van der Waals surface area contributed by atoms with E-state index in [-0.39, 0.29) is 5.82 Å². The largest absolute Gasteiger partial charge is 0.335 e. The monoisotopic (exact) mass is 519 g/mol. The van der Waals surface area contributed by atoms with Gasteiger partial charge >= 0.3 is 0 Å². The summed E-state index contributed by atoms with van der Waals surface area (Å²) in [5.74, 6) is 0.266. The van der Waals surface area contributed by atoms with Gasteiger partial charge in [0.15, 0.2) is 11.5 Å². The molecule has 0 saturated carbocycles. The SMILES string of the molecule is C=c1[nH]nc(-c2nc3nccc(-c4cccc(F)c4)c3[nH]2)/c1=C/C(=C\C)c1cncc(CN2CCCCC2)c1. The van der Waals surface area contributed by atoms with Crippen molar-refractivity contribution in [3.05, 3.63) is 88.6 Å². The van der Waals surface area contributed by atoms with Crippen LogP contribution in [0.25, 0.3) is 52.0 Å². The third-order valence-corrected chi connectivity index (χ3v) is 7.23. The Bertz CT molecular complexity index is 1780. The molecule has 0 atom stereocenters. The Labute approximate surface area is 225 Å². The second-order valence-corrected chi connectivity index (χ2v) is 9.92. The Morgan fingerprint density at radius 3 is 2.82 bits per heavy atom. The number of likely N-dealkylation sites (tertiary alicyclic amines) is 1. The van der Waals surface area contributed by atoms with Crippen molar-refractivity contribution in [3.63, 3.8) is 0 Å². The first-order chi connectivity index (χ1) is 19.1. The maximum Gasteiger partial charge on any atom is 0.178 e. The quantitative estimate of drug-likeness (QED) is 0.336. The molecule has 196 valence electrons. The number of aromatic amines is 2. The van der Waals surface area contributed by atoms with Gasteiger partial charge in [0.1, 0.15) is 11.5 Å². The molecule has 8 heteroatoms. The number of piperidine rings is 1. The minimum absolute atomic E-state index is 0.295. The smallest absolute Gasteiger partial charge is 0.178 e. The first-order valence-corrected chi connectivity index (χ1v) is 13.3. The summed E-state index contributed by atoms with van der Waals surface area (Å²) in [6, 6.07) is 10.6. The van der Waals surface area contributed by atoms with Crippen molar-refractivity contribution in [2.45, 2.75) is 32.7 Å². The number of allylic oxidation sites excluding steroid dienone is 2. The van der Waals surface area contributed by atoms with E-state index in [1.807, 2.05) is 31.5 Å². The minimum Gasteiger partial charge on any atom is -0.335 e. The van der Waals surface area contributed by atoms with E-state index < -0.39 is 0 Å². The van der Waals surface area contributed by atoms with E-state index in [2.05, 4.69) is 54.8 Å². The summed E-state index contributed by atoms with van der Waals surface area (Å²) in [7, 11) is 0. The molecule has 6 rings (SSSR count). The molecule has 39 heavy (non-hydrogen) atoms. The van der Waals surface area contributed by atoms with Gasteiger partial charge in [-0.05, 0) is 79.9 Å². The average Bonchev–Trinajstić information content (AvgIpc) is 3.55. The van der Waals surface area contributed by atoms with Gasteiger partial charge in [0.2, 0.25) is 0 Å². The molecule has 1 aliphatic rings. The molecule has 4 aromatic heterocycles. The molecular weight excluding hydrogens is 489 g/mol. The van der Waals surface area contributed by atoms with Crippen molar-refractivity contribution in [2.24, 2.45) is 0 Å². The molecule has 1 aromatic carbocycles. The second kappa shape index (κ2) is 10.7. The lowest BCUT2D eigenvalue weighted by Gasteiger charge is -2.26. The van der Waals surface area contributed by atoms with E-state index >= 15 is 0 Å². The highest BCUT2D eigenvalue weighted by molar-refractivity contribution is 5.92. The zero-order valence-electron chi connectivity index (χ0n) is 21.9. The van der Waals surface area contributed by atoms with Crippen LogP contribution in [0.2, 0.25) is 0 Å². The number of nitrogens with zero attached hydrogens (tertiary/aromatic N) is 5. The second-order valence-electron chi connectivity index (χ2n) is 9.92. The number of imidazole rings is 1. The highest BCUT2D eigenvalue weighted by Gasteiger charge is 2.16. The number of pyridine rings is 2. The summed E-state index contributed by atoms with van der Waals surface area (Å²) < 4.78 is 13.9. The fourth-order valence-electron chi connectivity index (χ4n) is 5.24. The van der Waals surface area contributed by atoms with Gasteiger partial charge in [0, 0.05) is 41.5 Å². The number of halogens is 1. The van der Waals surface area contributed by atoms with Crippen molar-refractivity contribution in [2.75, 3.05) is 13.1 Å². The van der Waals surface area contributed by atoms with Crippen LogP contribution >= 0.6 is 0 Å². The van der Waals surface area contributed by atoms with E-state index in [4.69, 9.17) is 4.98 Å². The van der Waals surface area contributed by atoms with Crippen molar-refractivity contribution < 1.29 is 4.39 Å². The van der Waals surface area contributed by atoms with Crippen LogP contribution in [0.4, 0.5) is 4.39 Å². The molecule has 0 unspecified atom stereocenters. The predicted molar refractivity (Wildman–Crippen MR) is 153 cm³/mol. The molecule has 1 saturated heterocycles. The molecule has 0 radical (unpaired) electrons. The standard InChI is InChI=1S/C31H30FN7/c1-3-22(24-14-21(17-33-18-24)19-39-12-5-4-6-13-39)16-27-20(2)37-38-29(27)31-35-28-26(10-11-34-30(28)36-31)23-8-7-9-25(32)15-23/h3,7-11,14-18,37H,2,4-6,12-13,19H2,1H3,(H,34,35,36)/b22-3+,27-16+. The lowest BCUT2D eigenvalue weighted by Crippen LogP contribution is -2.29. The molecule has 7 nitrogen and oxygen atoms in total. The molecule has 1 fully saturated rings. The third kappa shape index (κ3) is 5.15. The van der Waals surface area contributed by atoms with Gasteiger partial charge in [0.25, 0.3) is 0 Å². The van der Waals surface area contributed by atoms with Gasteiger partial charge in [-0.3, -0.25) is 15.0 Å². The highest BCUT2D eigenvalue weighted by Crippen LogP contribution is 2.28. The molecule has 0 bridgehead atoms. The molecule has 2 N–H and O–H groups in total. The van der Waals surface area contributed by atoms with Crippen LogP contribution < -0.4 is 10.6 Å². The lowest BCUT2D eigenvalue weighted by atomic mass is 10.0. The number of fused-ring (bicyclic) bond motifs is 1. The van der Waals surface area contributed by atoms with Crippen LogP contribution in [0, 0.1) is 5.82 Å². The van der Waals surface area contributed by atoms with Crippen LogP contribution in [-0.2, 0) is 6.54 Å². The van der Waals surface area contributed by atoms with Crippen molar-refractivity contribution >= 4 is 29.4 Å². The van der Waals surface area contributed by atoms with E-state index in [1.54, 1.807) is 12.3 Å². The van der Waals surface area contributed by atoms with Gasteiger partial charge in [-0.15, -0.1) is 0 Å². The van der Waals surface area contributed by atoms with Crippen molar-refractivity contribution in [3.8, 4) is 22.6 Å². The number of aromatic nitrogens is 6. The summed E-state index contributed by atoms with van der Waals surface area (Å²) >= 11 is 0. The maximum absolute atomic E-state index is 13.9. The molecular formula is C31H30FN7. The lowest BCUT2D eigenvalue weighted by molar-refractivity contribution is 0.220. The normalized spacial score (nSPS) is 15.3. The molecule has 0 spiro atoms.